The monoisotopic (exact) mass is 374 g/mol. The summed E-state index contributed by atoms with van der Waals surface area (Å²) in [6, 6.07) is 3.55. The molecule has 0 amide bonds. The van der Waals surface area contributed by atoms with Gasteiger partial charge in [-0.05, 0) is 37.6 Å². The molecule has 0 saturated carbocycles. The summed E-state index contributed by atoms with van der Waals surface area (Å²) in [7, 11) is 0. The van der Waals surface area contributed by atoms with Crippen LogP contribution in [0.3, 0.4) is 0 Å². The van der Waals surface area contributed by atoms with E-state index in [1.165, 1.54) is 26.0 Å². The molecule has 0 aromatic heterocycles. The fourth-order valence-electron chi connectivity index (χ4n) is 1.56. The predicted molar refractivity (Wildman–Crippen MR) is 73.2 cm³/mol. The number of ketones is 1. The Balaban J connectivity index is 3.19. The average molecular weight is 375 g/mol. The number of halogens is 6. The number of carbonyl (C=O) groups excluding carboxylic acids is 2. The van der Waals surface area contributed by atoms with Gasteiger partial charge in [-0.2, -0.15) is 22.0 Å². The van der Waals surface area contributed by atoms with Gasteiger partial charge in [0, 0.05) is 5.02 Å². The maximum Gasteiger partial charge on any atom is 0.461 e. The first kappa shape index (κ1) is 20.1. The lowest BCUT2D eigenvalue weighted by atomic mass is 10.1. The molecule has 0 fully saturated rings. The van der Waals surface area contributed by atoms with E-state index in [2.05, 4.69) is 4.74 Å². The molecule has 1 atom stereocenters. The minimum absolute atomic E-state index is 0.266. The Hall–Kier alpha value is -1.90. The molecule has 1 unspecified atom stereocenters. The van der Waals surface area contributed by atoms with Gasteiger partial charge in [-0.3, -0.25) is 4.79 Å². The molecular weight excluding hydrogens is 363 g/mol. The highest BCUT2D eigenvalue weighted by molar-refractivity contribution is 6.31. The first-order chi connectivity index (χ1) is 10.9. The maximum absolute atomic E-state index is 13.2. The number of ether oxygens (including phenoxy) is 2. The topological polar surface area (TPSA) is 52.6 Å². The molecule has 0 heterocycles. The number of carbonyl (C=O) groups is 2. The fraction of sp³-hybridized carbons (Fsp3) is 0.429. The molecule has 0 N–H and O–H groups in total. The van der Waals surface area contributed by atoms with Gasteiger partial charge in [-0.25, -0.2) is 4.79 Å². The number of rotatable bonds is 6. The normalized spacial score (nSPS) is 13.3. The van der Waals surface area contributed by atoms with Crippen molar-refractivity contribution in [3.63, 3.8) is 0 Å². The Morgan fingerprint density at radius 2 is 1.79 bits per heavy atom. The van der Waals surface area contributed by atoms with E-state index >= 15 is 0 Å². The van der Waals surface area contributed by atoms with Crippen LogP contribution in [0.1, 0.15) is 12.5 Å². The first-order valence-electron chi connectivity index (χ1n) is 6.50. The van der Waals surface area contributed by atoms with Gasteiger partial charge in [0.25, 0.3) is 11.9 Å². The first-order valence-corrected chi connectivity index (χ1v) is 6.88. The number of Topliss-reactive ketones (excluding diaryl/α,β-unsaturated/α-hetero) is 1. The highest BCUT2D eigenvalue weighted by Gasteiger charge is 2.66. The summed E-state index contributed by atoms with van der Waals surface area (Å²) < 4.78 is 72.6. The van der Waals surface area contributed by atoms with Crippen LogP contribution in [0.15, 0.2) is 18.2 Å². The molecular formula is C14H12ClF5O4. The molecule has 0 saturated heterocycles. The molecule has 0 radical (unpaired) electrons. The molecule has 0 aliphatic heterocycles. The second-order valence-corrected chi connectivity index (χ2v) is 5.00. The zero-order chi connectivity index (χ0) is 18.7. The van der Waals surface area contributed by atoms with Crippen LogP contribution in [-0.4, -0.2) is 36.6 Å². The largest absolute Gasteiger partial charge is 0.471 e. The summed E-state index contributed by atoms with van der Waals surface area (Å²) in [5.41, 5.74) is 0.395. The van der Waals surface area contributed by atoms with E-state index in [-0.39, 0.29) is 17.4 Å². The third-order valence-electron chi connectivity index (χ3n) is 2.79. The van der Waals surface area contributed by atoms with Crippen molar-refractivity contribution in [2.75, 3.05) is 6.61 Å². The second-order valence-electron chi connectivity index (χ2n) is 4.60. The molecule has 134 valence electrons. The van der Waals surface area contributed by atoms with Crippen molar-refractivity contribution in [3.8, 4) is 5.75 Å². The fourth-order valence-corrected chi connectivity index (χ4v) is 1.68. The van der Waals surface area contributed by atoms with Crippen molar-refractivity contribution in [2.45, 2.75) is 32.1 Å². The van der Waals surface area contributed by atoms with Crippen LogP contribution in [0.2, 0.25) is 5.02 Å². The maximum atomic E-state index is 13.2. The Labute approximate surface area is 138 Å². The van der Waals surface area contributed by atoms with Gasteiger partial charge < -0.3 is 9.47 Å². The van der Waals surface area contributed by atoms with Gasteiger partial charge in [0.15, 0.2) is 0 Å². The van der Waals surface area contributed by atoms with Gasteiger partial charge in [0.05, 0.1) is 6.61 Å². The lowest BCUT2D eigenvalue weighted by molar-refractivity contribution is -0.271. The quantitative estimate of drug-likeness (QED) is 0.432. The van der Waals surface area contributed by atoms with E-state index in [9.17, 15) is 31.5 Å². The number of aryl methyl sites for hydroxylation is 1. The molecule has 24 heavy (non-hydrogen) atoms. The molecule has 0 aliphatic rings. The molecule has 1 aromatic rings. The van der Waals surface area contributed by atoms with Crippen molar-refractivity contribution in [1.82, 2.24) is 0 Å². The zero-order valence-corrected chi connectivity index (χ0v) is 13.2. The van der Waals surface area contributed by atoms with Crippen LogP contribution in [0.25, 0.3) is 0 Å². The van der Waals surface area contributed by atoms with E-state index in [0.717, 1.165) is 6.07 Å². The summed E-state index contributed by atoms with van der Waals surface area (Å²) in [4.78, 5) is 23.2. The summed E-state index contributed by atoms with van der Waals surface area (Å²) in [6.45, 7) is 2.44. The number of hydrogen-bond acceptors (Lipinski definition) is 4. The Morgan fingerprint density at radius 3 is 2.25 bits per heavy atom. The molecule has 0 aliphatic carbocycles. The summed E-state index contributed by atoms with van der Waals surface area (Å²) in [5, 5.41) is 0.266. The molecule has 4 nitrogen and oxygen atoms in total. The van der Waals surface area contributed by atoms with Gasteiger partial charge in [-0.15, -0.1) is 0 Å². The van der Waals surface area contributed by atoms with Crippen molar-refractivity contribution in [3.05, 3.63) is 28.8 Å². The SMILES string of the molecule is CCOC(=O)C(Oc1ccc(Cl)c(C)c1)C(=O)C(F)(F)C(F)(F)F. The Kier molecular flexibility index (Phi) is 6.15. The van der Waals surface area contributed by atoms with E-state index in [4.69, 9.17) is 16.3 Å². The van der Waals surface area contributed by atoms with E-state index in [0.29, 0.717) is 5.56 Å². The molecule has 0 spiro atoms. The highest BCUT2D eigenvalue weighted by Crippen LogP contribution is 2.37. The van der Waals surface area contributed by atoms with Gasteiger partial charge in [0.1, 0.15) is 5.75 Å². The van der Waals surface area contributed by atoms with Gasteiger partial charge >= 0.3 is 18.1 Å². The smallest absolute Gasteiger partial charge is 0.461 e. The highest BCUT2D eigenvalue weighted by atomic mass is 35.5. The minimum Gasteiger partial charge on any atom is -0.471 e. The molecule has 10 heteroatoms. The number of hydrogen-bond donors (Lipinski definition) is 0. The van der Waals surface area contributed by atoms with Crippen molar-refractivity contribution >= 4 is 23.4 Å². The summed E-state index contributed by atoms with van der Waals surface area (Å²) in [5.74, 6) is -10.5. The summed E-state index contributed by atoms with van der Waals surface area (Å²) >= 11 is 5.74. The second kappa shape index (κ2) is 7.33. The Bertz CT molecular complexity index is 630. The van der Waals surface area contributed by atoms with E-state index < -0.39 is 30.0 Å². The van der Waals surface area contributed by atoms with Crippen LogP contribution >= 0.6 is 11.6 Å². The van der Waals surface area contributed by atoms with Crippen LogP contribution in [0.5, 0.6) is 5.75 Å². The number of alkyl halides is 5. The number of esters is 1. The van der Waals surface area contributed by atoms with Gasteiger partial charge in [-0.1, -0.05) is 11.6 Å². The van der Waals surface area contributed by atoms with Crippen LogP contribution in [-0.2, 0) is 14.3 Å². The van der Waals surface area contributed by atoms with E-state index in [1.807, 2.05) is 0 Å². The average Bonchev–Trinajstić information content (AvgIpc) is 2.46. The van der Waals surface area contributed by atoms with Gasteiger partial charge in [0.2, 0.25) is 0 Å². The molecule has 1 rings (SSSR count). The minimum atomic E-state index is -6.17. The third-order valence-corrected chi connectivity index (χ3v) is 3.21. The van der Waals surface area contributed by atoms with Crippen LogP contribution < -0.4 is 4.74 Å². The van der Waals surface area contributed by atoms with E-state index in [1.54, 1.807) is 0 Å². The molecule has 1 aromatic carbocycles. The van der Waals surface area contributed by atoms with Crippen molar-refractivity contribution < 1.29 is 41.0 Å². The summed E-state index contributed by atoms with van der Waals surface area (Å²) in [6.07, 6.45) is -8.95. The third kappa shape index (κ3) is 4.34. The number of benzene rings is 1. The molecule has 0 bridgehead atoms. The lowest BCUT2D eigenvalue weighted by Crippen LogP contribution is -2.53. The van der Waals surface area contributed by atoms with Crippen LogP contribution in [0, 0.1) is 6.92 Å². The zero-order valence-electron chi connectivity index (χ0n) is 12.4. The standard InChI is InChI=1S/C14H12ClF5O4/c1-3-23-12(22)10(11(21)13(16,17)14(18,19)20)24-8-4-5-9(15)7(2)6-8/h4-6,10H,3H2,1-2H3. The van der Waals surface area contributed by atoms with Crippen molar-refractivity contribution in [1.29, 1.82) is 0 Å². The lowest BCUT2D eigenvalue weighted by Gasteiger charge is -2.23. The predicted octanol–water partition coefficient (Wildman–Crippen LogP) is 3.73. The van der Waals surface area contributed by atoms with Crippen LogP contribution in [0.4, 0.5) is 22.0 Å². The van der Waals surface area contributed by atoms with Crippen molar-refractivity contribution in [2.24, 2.45) is 0 Å². The Morgan fingerprint density at radius 1 is 1.21 bits per heavy atom.